The Labute approximate surface area is 107 Å². The summed E-state index contributed by atoms with van der Waals surface area (Å²) < 4.78 is 0. The predicted octanol–water partition coefficient (Wildman–Crippen LogP) is 4.40. The summed E-state index contributed by atoms with van der Waals surface area (Å²) in [5.74, 6) is 0. The van der Waals surface area contributed by atoms with Crippen molar-refractivity contribution >= 4 is 28.8 Å². The molecular weight excluding hydrogens is 241 g/mol. The lowest BCUT2D eigenvalue weighted by Crippen LogP contribution is -2.13. The number of hydrogen-bond acceptors (Lipinski definition) is 1. The Kier molecular flexibility index (Phi) is 5.89. The number of benzene rings is 1. The van der Waals surface area contributed by atoms with Gasteiger partial charge in [0.1, 0.15) is 0 Å². The molecule has 1 aromatic rings. The molecule has 0 radical (unpaired) electrons. The van der Waals surface area contributed by atoms with Gasteiger partial charge in [0.05, 0.1) is 0 Å². The highest BCUT2D eigenvalue weighted by Crippen LogP contribution is 2.26. The molecule has 0 saturated carbocycles. The molecule has 0 spiro atoms. The van der Waals surface area contributed by atoms with Crippen LogP contribution in [0.5, 0.6) is 0 Å². The van der Waals surface area contributed by atoms with Gasteiger partial charge in [0.15, 0.2) is 0 Å². The van der Waals surface area contributed by atoms with Crippen molar-refractivity contribution in [1.29, 1.82) is 0 Å². The quantitative estimate of drug-likeness (QED) is 0.772. The second kappa shape index (κ2) is 6.95. The van der Waals surface area contributed by atoms with E-state index in [0.717, 1.165) is 35.1 Å². The molecule has 0 aliphatic carbocycles. The zero-order valence-electron chi connectivity index (χ0n) is 9.69. The van der Waals surface area contributed by atoms with Crippen molar-refractivity contribution in [3.05, 3.63) is 39.9 Å². The molecule has 1 aromatic carbocycles. The van der Waals surface area contributed by atoms with Crippen LogP contribution in [0.15, 0.2) is 24.3 Å². The summed E-state index contributed by atoms with van der Waals surface area (Å²) in [5.41, 5.74) is 2.19. The maximum absolute atomic E-state index is 6.12. The first-order chi connectivity index (χ1) is 7.65. The predicted molar refractivity (Wildman–Crippen MR) is 73.3 cm³/mol. The van der Waals surface area contributed by atoms with Crippen LogP contribution in [0.25, 0.3) is 5.57 Å². The first-order valence-corrected chi connectivity index (χ1v) is 6.23. The van der Waals surface area contributed by atoms with Gasteiger partial charge in [-0.25, -0.2) is 0 Å². The number of nitrogens with one attached hydrogen (secondary N) is 1. The van der Waals surface area contributed by atoms with Gasteiger partial charge in [-0.1, -0.05) is 36.2 Å². The van der Waals surface area contributed by atoms with Gasteiger partial charge in [0, 0.05) is 10.0 Å². The van der Waals surface area contributed by atoms with Crippen molar-refractivity contribution in [3.63, 3.8) is 0 Å². The second-order valence-electron chi connectivity index (χ2n) is 3.65. The summed E-state index contributed by atoms with van der Waals surface area (Å²) in [4.78, 5) is 0. The summed E-state index contributed by atoms with van der Waals surface area (Å²) in [6.45, 7) is 6.16. The number of allylic oxidation sites excluding steroid dienone is 1. The van der Waals surface area contributed by atoms with Crippen LogP contribution in [0, 0.1) is 0 Å². The van der Waals surface area contributed by atoms with Crippen molar-refractivity contribution in [3.8, 4) is 0 Å². The fourth-order valence-corrected chi connectivity index (χ4v) is 1.92. The largest absolute Gasteiger partial charge is 0.317 e. The third-order valence-electron chi connectivity index (χ3n) is 2.37. The summed E-state index contributed by atoms with van der Waals surface area (Å²) in [6.07, 6.45) is 3.18. The molecule has 1 nitrogen and oxygen atoms in total. The number of rotatable bonds is 5. The first kappa shape index (κ1) is 13.6. The van der Waals surface area contributed by atoms with Crippen molar-refractivity contribution < 1.29 is 0 Å². The Hall–Kier alpha value is -0.500. The molecule has 16 heavy (non-hydrogen) atoms. The summed E-state index contributed by atoms with van der Waals surface area (Å²) in [6, 6.07) is 5.54. The molecule has 0 aliphatic rings. The lowest BCUT2D eigenvalue weighted by Gasteiger charge is -2.05. The summed E-state index contributed by atoms with van der Waals surface area (Å²) in [5, 5.41) is 4.75. The summed E-state index contributed by atoms with van der Waals surface area (Å²) in [7, 11) is 0. The molecule has 0 bridgehead atoms. The van der Waals surface area contributed by atoms with Gasteiger partial charge in [-0.05, 0) is 55.8 Å². The van der Waals surface area contributed by atoms with E-state index in [9.17, 15) is 0 Å². The monoisotopic (exact) mass is 257 g/mol. The molecule has 0 aromatic heterocycles. The van der Waals surface area contributed by atoms with E-state index in [1.54, 1.807) is 6.07 Å². The Morgan fingerprint density at radius 3 is 2.81 bits per heavy atom. The average molecular weight is 258 g/mol. The highest BCUT2D eigenvalue weighted by atomic mass is 35.5. The van der Waals surface area contributed by atoms with Crippen LogP contribution < -0.4 is 5.32 Å². The molecule has 0 heterocycles. The van der Waals surface area contributed by atoms with Gasteiger partial charge in [0.2, 0.25) is 0 Å². The van der Waals surface area contributed by atoms with E-state index in [4.69, 9.17) is 23.2 Å². The van der Waals surface area contributed by atoms with E-state index < -0.39 is 0 Å². The minimum absolute atomic E-state index is 0.721. The Bertz CT molecular complexity index is 372. The summed E-state index contributed by atoms with van der Waals surface area (Å²) >= 11 is 12.1. The average Bonchev–Trinajstić information content (AvgIpc) is 2.27. The van der Waals surface area contributed by atoms with E-state index in [1.807, 2.05) is 12.1 Å². The van der Waals surface area contributed by atoms with Crippen molar-refractivity contribution in [2.45, 2.75) is 20.3 Å². The molecule has 0 unspecified atom stereocenters. The number of halogens is 2. The molecule has 3 heteroatoms. The molecular formula is C13H17Cl2N. The molecule has 1 N–H and O–H groups in total. The standard InChI is InChI=1S/C13H17Cl2N/c1-3-16-8-4-5-10(2)12-9-11(14)6-7-13(12)15/h5-7,9,16H,3-4,8H2,1-2H3. The van der Waals surface area contributed by atoms with Gasteiger partial charge in [-0.2, -0.15) is 0 Å². The van der Waals surface area contributed by atoms with Crippen LogP contribution in [-0.4, -0.2) is 13.1 Å². The number of hydrogen-bond donors (Lipinski definition) is 1. The third-order valence-corrected chi connectivity index (χ3v) is 2.94. The minimum Gasteiger partial charge on any atom is -0.317 e. The smallest absolute Gasteiger partial charge is 0.0481 e. The maximum atomic E-state index is 6.12. The van der Waals surface area contributed by atoms with E-state index in [0.29, 0.717) is 0 Å². The third kappa shape index (κ3) is 4.17. The molecule has 0 saturated heterocycles. The Morgan fingerprint density at radius 2 is 2.12 bits per heavy atom. The maximum Gasteiger partial charge on any atom is 0.0481 e. The molecule has 0 fully saturated rings. The fraction of sp³-hybridized carbons (Fsp3) is 0.385. The SMILES string of the molecule is CCNCCC=C(C)c1cc(Cl)ccc1Cl. The van der Waals surface area contributed by atoms with Gasteiger partial charge in [-0.15, -0.1) is 0 Å². The van der Waals surface area contributed by atoms with Crippen LogP contribution in [-0.2, 0) is 0 Å². The zero-order chi connectivity index (χ0) is 12.0. The first-order valence-electron chi connectivity index (χ1n) is 5.48. The highest BCUT2D eigenvalue weighted by Gasteiger charge is 2.02. The zero-order valence-corrected chi connectivity index (χ0v) is 11.2. The van der Waals surface area contributed by atoms with Crippen LogP contribution in [0.3, 0.4) is 0 Å². The molecule has 0 aliphatic heterocycles. The van der Waals surface area contributed by atoms with E-state index in [-0.39, 0.29) is 0 Å². The molecule has 0 atom stereocenters. The Balaban J connectivity index is 2.71. The van der Waals surface area contributed by atoms with Crippen LogP contribution in [0.2, 0.25) is 10.0 Å². The minimum atomic E-state index is 0.721. The lowest BCUT2D eigenvalue weighted by atomic mass is 10.1. The van der Waals surface area contributed by atoms with Gasteiger partial charge in [0.25, 0.3) is 0 Å². The van der Waals surface area contributed by atoms with E-state index >= 15 is 0 Å². The van der Waals surface area contributed by atoms with Gasteiger partial charge >= 0.3 is 0 Å². The lowest BCUT2D eigenvalue weighted by molar-refractivity contribution is 0.727. The molecule has 0 amide bonds. The van der Waals surface area contributed by atoms with E-state index in [1.165, 1.54) is 5.57 Å². The topological polar surface area (TPSA) is 12.0 Å². The normalized spacial score (nSPS) is 11.9. The van der Waals surface area contributed by atoms with Crippen LogP contribution >= 0.6 is 23.2 Å². The van der Waals surface area contributed by atoms with Crippen molar-refractivity contribution in [2.24, 2.45) is 0 Å². The second-order valence-corrected chi connectivity index (χ2v) is 4.50. The van der Waals surface area contributed by atoms with E-state index in [2.05, 4.69) is 25.2 Å². The van der Waals surface area contributed by atoms with Crippen LogP contribution in [0.1, 0.15) is 25.8 Å². The van der Waals surface area contributed by atoms with Gasteiger partial charge in [-0.3, -0.25) is 0 Å². The van der Waals surface area contributed by atoms with Crippen molar-refractivity contribution in [2.75, 3.05) is 13.1 Å². The van der Waals surface area contributed by atoms with Gasteiger partial charge < -0.3 is 5.32 Å². The highest BCUT2D eigenvalue weighted by molar-refractivity contribution is 6.34. The van der Waals surface area contributed by atoms with Crippen molar-refractivity contribution in [1.82, 2.24) is 5.32 Å². The van der Waals surface area contributed by atoms with Crippen LogP contribution in [0.4, 0.5) is 0 Å². The Morgan fingerprint density at radius 1 is 1.38 bits per heavy atom. The molecule has 88 valence electrons. The fourth-order valence-electron chi connectivity index (χ4n) is 1.48. The molecule has 1 rings (SSSR count).